The van der Waals surface area contributed by atoms with Gasteiger partial charge in [0.15, 0.2) is 0 Å². The van der Waals surface area contributed by atoms with Crippen LogP contribution in [-0.2, 0) is 13.5 Å². The Morgan fingerprint density at radius 1 is 1.35 bits per heavy atom. The molecule has 1 atom stereocenters. The highest BCUT2D eigenvalue weighted by Gasteiger charge is 2.20. The first kappa shape index (κ1) is 15.2. The Kier molecular flexibility index (Phi) is 4.94. The van der Waals surface area contributed by atoms with E-state index in [-0.39, 0.29) is 6.04 Å². The van der Waals surface area contributed by atoms with Crippen LogP contribution in [0.3, 0.4) is 0 Å². The number of halogens is 1. The van der Waals surface area contributed by atoms with E-state index in [2.05, 4.69) is 58.2 Å². The van der Waals surface area contributed by atoms with Crippen LogP contribution >= 0.6 is 15.9 Å². The number of aromatic nitrogens is 3. The van der Waals surface area contributed by atoms with Gasteiger partial charge in [-0.2, -0.15) is 5.10 Å². The van der Waals surface area contributed by atoms with E-state index in [1.165, 1.54) is 11.3 Å². The number of pyridine rings is 1. The van der Waals surface area contributed by atoms with Gasteiger partial charge in [-0.15, -0.1) is 0 Å². The summed E-state index contributed by atoms with van der Waals surface area (Å²) in [4.78, 5) is 4.48. The first-order valence-corrected chi connectivity index (χ1v) is 7.66. The molecule has 2 heterocycles. The van der Waals surface area contributed by atoms with Gasteiger partial charge in [-0.25, -0.2) is 0 Å². The first-order valence-electron chi connectivity index (χ1n) is 6.86. The number of hydrogen-bond donors (Lipinski definition) is 1. The lowest BCUT2D eigenvalue weighted by atomic mass is 9.99. The largest absolute Gasteiger partial charge is 0.310 e. The fourth-order valence-corrected chi connectivity index (χ4v) is 2.79. The standard InChI is InChI=1S/C15H21BrN4/c1-5-17-14(8-13-7-6-12(16)9-18-13)15-10(2)19-20(4)11(15)3/h6-7,9,14,17H,5,8H2,1-4H3. The van der Waals surface area contributed by atoms with Crippen LogP contribution in [0.5, 0.6) is 0 Å². The summed E-state index contributed by atoms with van der Waals surface area (Å²) < 4.78 is 2.96. The first-order chi connectivity index (χ1) is 9.52. The number of rotatable bonds is 5. The second-order valence-electron chi connectivity index (χ2n) is 4.99. The maximum atomic E-state index is 4.52. The second-order valence-corrected chi connectivity index (χ2v) is 5.91. The molecule has 2 aromatic rings. The number of nitrogens with zero attached hydrogens (tertiary/aromatic N) is 3. The van der Waals surface area contributed by atoms with Gasteiger partial charge in [0.2, 0.25) is 0 Å². The molecule has 0 spiro atoms. The maximum Gasteiger partial charge on any atom is 0.0644 e. The normalized spacial score (nSPS) is 12.7. The van der Waals surface area contributed by atoms with Gasteiger partial charge in [0.1, 0.15) is 0 Å². The van der Waals surface area contributed by atoms with Crippen LogP contribution in [0.25, 0.3) is 0 Å². The van der Waals surface area contributed by atoms with Crippen molar-refractivity contribution in [2.75, 3.05) is 6.54 Å². The zero-order valence-electron chi connectivity index (χ0n) is 12.4. The van der Waals surface area contributed by atoms with E-state index in [4.69, 9.17) is 0 Å². The van der Waals surface area contributed by atoms with Gasteiger partial charge in [-0.05, 0) is 48.5 Å². The van der Waals surface area contributed by atoms with Crippen molar-refractivity contribution in [3.8, 4) is 0 Å². The summed E-state index contributed by atoms with van der Waals surface area (Å²) in [5.41, 5.74) is 4.68. The lowest BCUT2D eigenvalue weighted by molar-refractivity contribution is 0.538. The summed E-state index contributed by atoms with van der Waals surface area (Å²) in [6.45, 7) is 7.24. The predicted molar refractivity (Wildman–Crippen MR) is 84.7 cm³/mol. The van der Waals surface area contributed by atoms with Crippen molar-refractivity contribution >= 4 is 15.9 Å². The monoisotopic (exact) mass is 336 g/mol. The molecule has 2 aromatic heterocycles. The predicted octanol–water partition coefficient (Wildman–Crippen LogP) is 3.09. The molecule has 0 radical (unpaired) electrons. The summed E-state index contributed by atoms with van der Waals surface area (Å²) in [7, 11) is 1.99. The average molecular weight is 337 g/mol. The summed E-state index contributed by atoms with van der Waals surface area (Å²) in [5, 5.41) is 8.07. The van der Waals surface area contributed by atoms with Crippen molar-refractivity contribution < 1.29 is 0 Å². The molecule has 0 aliphatic rings. The van der Waals surface area contributed by atoms with Crippen LogP contribution in [0.4, 0.5) is 0 Å². The minimum Gasteiger partial charge on any atom is -0.310 e. The van der Waals surface area contributed by atoms with Crippen molar-refractivity contribution in [2.45, 2.75) is 33.2 Å². The van der Waals surface area contributed by atoms with E-state index < -0.39 is 0 Å². The van der Waals surface area contributed by atoms with Crippen LogP contribution in [0.15, 0.2) is 22.8 Å². The number of likely N-dealkylation sites (N-methyl/N-ethyl adjacent to an activating group) is 1. The van der Waals surface area contributed by atoms with Crippen molar-refractivity contribution in [3.05, 3.63) is 45.4 Å². The van der Waals surface area contributed by atoms with Crippen LogP contribution in [0, 0.1) is 13.8 Å². The smallest absolute Gasteiger partial charge is 0.0644 e. The number of nitrogens with one attached hydrogen (secondary N) is 1. The molecule has 0 bridgehead atoms. The summed E-state index contributed by atoms with van der Waals surface area (Å²) in [6, 6.07) is 4.35. The van der Waals surface area contributed by atoms with Gasteiger partial charge < -0.3 is 5.32 Å². The maximum absolute atomic E-state index is 4.52. The van der Waals surface area contributed by atoms with Gasteiger partial charge in [-0.3, -0.25) is 9.67 Å². The molecular formula is C15H21BrN4. The molecule has 5 heteroatoms. The molecule has 0 aliphatic heterocycles. The molecule has 0 saturated heterocycles. The third-order valence-corrected chi connectivity index (χ3v) is 4.03. The molecule has 20 heavy (non-hydrogen) atoms. The molecule has 0 amide bonds. The van der Waals surface area contributed by atoms with Crippen molar-refractivity contribution in [1.82, 2.24) is 20.1 Å². The number of aryl methyl sites for hydroxylation is 2. The molecule has 1 N–H and O–H groups in total. The third kappa shape index (κ3) is 3.27. The topological polar surface area (TPSA) is 42.7 Å². The Labute approximate surface area is 128 Å². The van der Waals surface area contributed by atoms with E-state index in [1.54, 1.807) is 0 Å². The quantitative estimate of drug-likeness (QED) is 0.912. The van der Waals surface area contributed by atoms with E-state index in [0.29, 0.717) is 0 Å². The van der Waals surface area contributed by atoms with Crippen LogP contribution in [0.1, 0.15) is 35.6 Å². The summed E-state index contributed by atoms with van der Waals surface area (Å²) >= 11 is 3.42. The van der Waals surface area contributed by atoms with Crippen molar-refractivity contribution in [1.29, 1.82) is 0 Å². The minimum atomic E-state index is 0.252. The van der Waals surface area contributed by atoms with Gasteiger partial charge in [-0.1, -0.05) is 6.92 Å². The molecule has 0 saturated carbocycles. The molecular weight excluding hydrogens is 316 g/mol. The van der Waals surface area contributed by atoms with Crippen LogP contribution < -0.4 is 5.32 Å². The van der Waals surface area contributed by atoms with Crippen molar-refractivity contribution in [2.24, 2.45) is 7.05 Å². The molecule has 108 valence electrons. The second kappa shape index (κ2) is 6.50. The Morgan fingerprint density at radius 3 is 2.60 bits per heavy atom. The fraction of sp³-hybridized carbons (Fsp3) is 0.467. The van der Waals surface area contributed by atoms with E-state index in [0.717, 1.165) is 28.8 Å². The minimum absolute atomic E-state index is 0.252. The Morgan fingerprint density at radius 2 is 2.10 bits per heavy atom. The van der Waals surface area contributed by atoms with Gasteiger partial charge in [0.05, 0.1) is 5.69 Å². The third-order valence-electron chi connectivity index (χ3n) is 3.57. The highest BCUT2D eigenvalue weighted by Crippen LogP contribution is 2.24. The molecule has 4 nitrogen and oxygen atoms in total. The Bertz CT molecular complexity index is 574. The highest BCUT2D eigenvalue weighted by atomic mass is 79.9. The van der Waals surface area contributed by atoms with Gasteiger partial charge in [0, 0.05) is 47.1 Å². The molecule has 2 rings (SSSR count). The fourth-order valence-electron chi connectivity index (χ4n) is 2.55. The van der Waals surface area contributed by atoms with Crippen LogP contribution in [0.2, 0.25) is 0 Å². The van der Waals surface area contributed by atoms with E-state index in [9.17, 15) is 0 Å². The number of hydrogen-bond acceptors (Lipinski definition) is 3. The summed E-state index contributed by atoms with van der Waals surface area (Å²) in [5.74, 6) is 0. The van der Waals surface area contributed by atoms with Crippen LogP contribution in [-0.4, -0.2) is 21.3 Å². The zero-order valence-corrected chi connectivity index (χ0v) is 14.0. The molecule has 0 aliphatic carbocycles. The van der Waals surface area contributed by atoms with E-state index in [1.807, 2.05) is 24.0 Å². The average Bonchev–Trinajstić information content (AvgIpc) is 2.66. The Balaban J connectivity index is 2.29. The molecule has 0 fully saturated rings. The highest BCUT2D eigenvalue weighted by molar-refractivity contribution is 9.10. The summed E-state index contributed by atoms with van der Waals surface area (Å²) in [6.07, 6.45) is 2.72. The lowest BCUT2D eigenvalue weighted by Gasteiger charge is -2.18. The van der Waals surface area contributed by atoms with Gasteiger partial charge >= 0.3 is 0 Å². The van der Waals surface area contributed by atoms with Crippen molar-refractivity contribution in [3.63, 3.8) is 0 Å². The Hall–Kier alpha value is -1.20. The van der Waals surface area contributed by atoms with Gasteiger partial charge in [0.25, 0.3) is 0 Å². The lowest BCUT2D eigenvalue weighted by Crippen LogP contribution is -2.24. The zero-order chi connectivity index (χ0) is 14.7. The van der Waals surface area contributed by atoms with E-state index >= 15 is 0 Å². The molecule has 0 aromatic carbocycles. The SMILES string of the molecule is CCNC(Cc1ccc(Br)cn1)c1c(C)nn(C)c1C. The molecule has 1 unspecified atom stereocenters.